The van der Waals surface area contributed by atoms with Crippen LogP contribution in [0.25, 0.3) is 0 Å². The second-order valence-electron chi connectivity index (χ2n) is 4.90. The molecule has 0 amide bonds. The van der Waals surface area contributed by atoms with Crippen molar-refractivity contribution in [2.24, 2.45) is 5.41 Å². The number of hydrogen-bond donors (Lipinski definition) is 2. The minimum Gasteiger partial charge on any atom is -0.494 e. The molecule has 8 heteroatoms. The molecule has 0 bridgehead atoms. The molecule has 1 aliphatic carbocycles. The smallest absolute Gasteiger partial charge is 0.244 e. The van der Waals surface area contributed by atoms with Gasteiger partial charge in [0, 0.05) is 23.6 Å². The number of aliphatic hydroxyl groups is 1. The maximum atomic E-state index is 12.4. The van der Waals surface area contributed by atoms with Crippen molar-refractivity contribution >= 4 is 37.6 Å². The summed E-state index contributed by atoms with van der Waals surface area (Å²) in [4.78, 5) is -0.0203. The second kappa shape index (κ2) is 5.81. The van der Waals surface area contributed by atoms with Gasteiger partial charge < -0.3 is 9.84 Å². The van der Waals surface area contributed by atoms with E-state index in [-0.39, 0.29) is 29.2 Å². The van der Waals surface area contributed by atoms with Crippen molar-refractivity contribution < 1.29 is 18.3 Å². The van der Waals surface area contributed by atoms with Crippen molar-refractivity contribution in [1.29, 1.82) is 0 Å². The number of nitrogens with one attached hydrogen (secondary N) is 1. The van der Waals surface area contributed by atoms with Crippen LogP contribution in [0.3, 0.4) is 0 Å². The summed E-state index contributed by atoms with van der Waals surface area (Å²) in [5.74, 6) is 0.204. The van der Waals surface area contributed by atoms with Crippen molar-refractivity contribution in [3.8, 4) is 5.75 Å². The maximum absolute atomic E-state index is 12.4. The first-order valence-electron chi connectivity index (χ1n) is 5.97. The average Bonchev–Trinajstić information content (AvgIpc) is 3.16. The zero-order chi connectivity index (χ0) is 15.0. The first kappa shape index (κ1) is 16.0. The van der Waals surface area contributed by atoms with E-state index in [1.807, 2.05) is 0 Å². The largest absolute Gasteiger partial charge is 0.494 e. The van der Waals surface area contributed by atoms with Crippen LogP contribution in [0.4, 0.5) is 0 Å². The van der Waals surface area contributed by atoms with E-state index in [0.29, 0.717) is 9.50 Å². The van der Waals surface area contributed by atoms with Gasteiger partial charge in [0.15, 0.2) is 5.75 Å². The molecule has 0 unspecified atom stereocenters. The molecule has 1 aromatic carbocycles. The van der Waals surface area contributed by atoms with Crippen LogP contribution in [0, 0.1) is 5.41 Å². The van der Waals surface area contributed by atoms with Gasteiger partial charge in [-0.25, -0.2) is 13.1 Å². The van der Waals surface area contributed by atoms with E-state index >= 15 is 0 Å². The van der Waals surface area contributed by atoms with Crippen LogP contribution in [0.15, 0.2) is 21.5 Å². The SMILES string of the molecule is COc1c(Br)cc(Cl)cc1S(=O)(=O)NCC1(CO)CC1. The number of hydrogen-bond acceptors (Lipinski definition) is 4. The molecule has 0 saturated heterocycles. The third-order valence-electron chi connectivity index (χ3n) is 3.40. The number of ether oxygens (including phenoxy) is 1. The van der Waals surface area contributed by atoms with Crippen LogP contribution >= 0.6 is 27.5 Å². The lowest BCUT2D eigenvalue weighted by Crippen LogP contribution is -2.32. The number of halogens is 2. The molecule has 0 radical (unpaired) electrons. The van der Waals surface area contributed by atoms with Gasteiger partial charge in [-0.05, 0) is 40.9 Å². The third kappa shape index (κ3) is 3.28. The van der Waals surface area contributed by atoms with Crippen LogP contribution in [0.1, 0.15) is 12.8 Å². The highest BCUT2D eigenvalue weighted by Crippen LogP contribution is 2.44. The zero-order valence-electron chi connectivity index (χ0n) is 10.8. The summed E-state index contributed by atoms with van der Waals surface area (Å²) in [6.45, 7) is 0.186. The van der Waals surface area contributed by atoms with E-state index in [4.69, 9.17) is 16.3 Å². The lowest BCUT2D eigenvalue weighted by atomic mass is 10.1. The molecular weight excluding hydrogens is 370 g/mol. The quantitative estimate of drug-likeness (QED) is 0.788. The van der Waals surface area contributed by atoms with Crippen LogP contribution in [0.2, 0.25) is 5.02 Å². The molecule has 0 aromatic heterocycles. The van der Waals surface area contributed by atoms with E-state index in [2.05, 4.69) is 20.7 Å². The number of rotatable bonds is 6. The van der Waals surface area contributed by atoms with Crippen LogP contribution in [-0.2, 0) is 10.0 Å². The summed E-state index contributed by atoms with van der Waals surface area (Å²) in [5, 5.41) is 9.52. The Hall–Kier alpha value is -0.340. The summed E-state index contributed by atoms with van der Waals surface area (Å²) in [5.41, 5.74) is -0.309. The molecule has 1 saturated carbocycles. The molecule has 1 fully saturated rings. The van der Waals surface area contributed by atoms with Crippen molar-refractivity contribution in [3.05, 3.63) is 21.6 Å². The first-order valence-corrected chi connectivity index (χ1v) is 8.62. The van der Waals surface area contributed by atoms with E-state index in [9.17, 15) is 13.5 Å². The standard InChI is InChI=1S/C12H15BrClNO4S/c1-19-11-9(13)4-8(14)5-10(11)20(17,18)15-6-12(7-16)2-3-12/h4-5,15-16H,2-3,6-7H2,1H3. The molecule has 0 heterocycles. The van der Waals surface area contributed by atoms with Gasteiger partial charge in [-0.2, -0.15) is 0 Å². The molecule has 0 atom stereocenters. The average molecular weight is 385 g/mol. The number of aliphatic hydroxyl groups excluding tert-OH is 1. The summed E-state index contributed by atoms with van der Waals surface area (Å²) in [6, 6.07) is 2.90. The first-order chi connectivity index (χ1) is 9.33. The van der Waals surface area contributed by atoms with Gasteiger partial charge in [-0.3, -0.25) is 0 Å². The molecule has 0 aliphatic heterocycles. The molecular formula is C12H15BrClNO4S. The Morgan fingerprint density at radius 2 is 2.15 bits per heavy atom. The summed E-state index contributed by atoms with van der Waals surface area (Å²) < 4.78 is 32.8. The Morgan fingerprint density at radius 3 is 2.65 bits per heavy atom. The molecule has 2 rings (SSSR count). The fourth-order valence-electron chi connectivity index (χ4n) is 1.83. The highest BCUT2D eigenvalue weighted by molar-refractivity contribution is 9.10. The van der Waals surface area contributed by atoms with Crippen molar-refractivity contribution in [1.82, 2.24) is 4.72 Å². The van der Waals surface area contributed by atoms with Gasteiger partial charge in [0.2, 0.25) is 10.0 Å². The molecule has 20 heavy (non-hydrogen) atoms. The fraction of sp³-hybridized carbons (Fsp3) is 0.500. The van der Waals surface area contributed by atoms with Gasteiger partial charge in [0.1, 0.15) is 4.90 Å². The van der Waals surface area contributed by atoms with Gasteiger partial charge in [0.25, 0.3) is 0 Å². The zero-order valence-corrected chi connectivity index (χ0v) is 14.0. The molecule has 1 aliphatic rings. The Kier molecular flexibility index (Phi) is 4.66. The summed E-state index contributed by atoms with van der Waals surface area (Å²) in [7, 11) is -2.36. The minimum atomic E-state index is -3.75. The lowest BCUT2D eigenvalue weighted by Gasteiger charge is -2.15. The Balaban J connectivity index is 2.29. The highest BCUT2D eigenvalue weighted by Gasteiger charge is 2.42. The number of benzene rings is 1. The predicted molar refractivity (Wildman–Crippen MR) is 79.6 cm³/mol. The van der Waals surface area contributed by atoms with Gasteiger partial charge >= 0.3 is 0 Å². The molecule has 2 N–H and O–H groups in total. The highest BCUT2D eigenvalue weighted by atomic mass is 79.9. The Labute approximate surface area is 131 Å². The molecule has 112 valence electrons. The summed E-state index contributed by atoms with van der Waals surface area (Å²) >= 11 is 9.12. The maximum Gasteiger partial charge on any atom is 0.244 e. The van der Waals surface area contributed by atoms with E-state index in [1.165, 1.54) is 13.2 Å². The molecule has 0 spiro atoms. The van der Waals surface area contributed by atoms with Gasteiger partial charge in [-0.1, -0.05) is 11.6 Å². The van der Waals surface area contributed by atoms with Crippen molar-refractivity contribution in [2.45, 2.75) is 17.7 Å². The van der Waals surface area contributed by atoms with Crippen molar-refractivity contribution in [3.63, 3.8) is 0 Å². The number of sulfonamides is 1. The van der Waals surface area contributed by atoms with Crippen molar-refractivity contribution in [2.75, 3.05) is 20.3 Å². The Bertz CT molecular complexity index is 616. The van der Waals surface area contributed by atoms with Crippen LogP contribution < -0.4 is 9.46 Å². The van der Waals surface area contributed by atoms with E-state index < -0.39 is 10.0 Å². The normalized spacial score (nSPS) is 17.0. The second-order valence-corrected chi connectivity index (χ2v) is 7.93. The monoisotopic (exact) mass is 383 g/mol. The van der Waals surface area contributed by atoms with E-state index in [0.717, 1.165) is 12.8 Å². The lowest BCUT2D eigenvalue weighted by molar-refractivity contribution is 0.213. The predicted octanol–water partition coefficient (Wildman–Crippen LogP) is 2.16. The van der Waals surface area contributed by atoms with Gasteiger partial charge in [0.05, 0.1) is 11.6 Å². The number of methoxy groups -OCH3 is 1. The topological polar surface area (TPSA) is 75.6 Å². The minimum absolute atomic E-state index is 0.0203. The van der Waals surface area contributed by atoms with E-state index in [1.54, 1.807) is 6.07 Å². The molecule has 1 aromatic rings. The molecule has 5 nitrogen and oxygen atoms in total. The van der Waals surface area contributed by atoms with Crippen LogP contribution in [0.5, 0.6) is 5.75 Å². The third-order valence-corrected chi connectivity index (χ3v) is 5.61. The van der Waals surface area contributed by atoms with Gasteiger partial charge in [-0.15, -0.1) is 0 Å². The van der Waals surface area contributed by atoms with Crippen LogP contribution in [-0.4, -0.2) is 33.8 Å². The Morgan fingerprint density at radius 1 is 1.50 bits per heavy atom. The fourth-order valence-corrected chi connectivity index (χ4v) is 4.37. The summed E-state index contributed by atoms with van der Waals surface area (Å²) in [6.07, 6.45) is 1.64.